The number of hydrogen-bond donors (Lipinski definition) is 3. The van der Waals surface area contributed by atoms with Crippen LogP contribution in [0.3, 0.4) is 0 Å². The lowest BCUT2D eigenvalue weighted by atomic mass is 9.92. The number of guanidine groups is 1. The molecule has 1 aromatic carbocycles. The maximum Gasteiger partial charge on any atom is 0.227 e. The van der Waals surface area contributed by atoms with E-state index < -0.39 is 5.41 Å². The van der Waals surface area contributed by atoms with Gasteiger partial charge in [-0.05, 0) is 46.2 Å². The zero-order chi connectivity index (χ0) is 21.3. The fourth-order valence-corrected chi connectivity index (χ4v) is 2.98. The van der Waals surface area contributed by atoms with Gasteiger partial charge in [0, 0.05) is 31.6 Å². The standard InChI is InChI=1S/C22H36N4O3.HI/c1-6-23-20(27)22(4,5)15-26-21(24-7-2)25-13-17-9-8-16(3)12-19(17)29-18-10-11-28-14-18;/h8-9,12,18H,6-7,10-11,13-15H2,1-5H3,(H,23,27)(H2,24,25,26);1H. The zero-order valence-electron chi connectivity index (χ0n) is 18.8. The molecule has 0 bridgehead atoms. The number of halogens is 1. The lowest BCUT2D eigenvalue weighted by Crippen LogP contribution is -2.47. The van der Waals surface area contributed by atoms with Gasteiger partial charge in [-0.25, -0.2) is 4.99 Å². The van der Waals surface area contributed by atoms with Crippen LogP contribution in [0.4, 0.5) is 0 Å². The summed E-state index contributed by atoms with van der Waals surface area (Å²) in [6, 6.07) is 6.19. The molecule has 7 nitrogen and oxygen atoms in total. The molecule has 1 fully saturated rings. The lowest BCUT2D eigenvalue weighted by Gasteiger charge is -2.25. The fourth-order valence-electron chi connectivity index (χ4n) is 2.98. The number of carbonyl (C=O) groups is 1. The minimum atomic E-state index is -0.535. The van der Waals surface area contributed by atoms with Gasteiger partial charge in [-0.1, -0.05) is 12.1 Å². The minimum Gasteiger partial charge on any atom is -0.488 e. The second kappa shape index (κ2) is 13.0. The maximum atomic E-state index is 12.2. The molecule has 170 valence electrons. The van der Waals surface area contributed by atoms with Gasteiger partial charge in [0.05, 0.1) is 25.2 Å². The largest absolute Gasteiger partial charge is 0.488 e. The van der Waals surface area contributed by atoms with E-state index in [0.717, 1.165) is 36.4 Å². The second-order valence-corrected chi connectivity index (χ2v) is 8.01. The van der Waals surface area contributed by atoms with Crippen LogP contribution in [0, 0.1) is 12.3 Å². The molecule has 8 heteroatoms. The highest BCUT2D eigenvalue weighted by molar-refractivity contribution is 14.0. The monoisotopic (exact) mass is 532 g/mol. The van der Waals surface area contributed by atoms with Crippen LogP contribution in [0.2, 0.25) is 0 Å². The van der Waals surface area contributed by atoms with E-state index in [-0.39, 0.29) is 36.0 Å². The van der Waals surface area contributed by atoms with E-state index in [1.165, 1.54) is 0 Å². The molecule has 1 aliphatic heterocycles. The number of hydrogen-bond acceptors (Lipinski definition) is 4. The molecule has 1 aromatic rings. The van der Waals surface area contributed by atoms with E-state index in [9.17, 15) is 4.79 Å². The Balaban J connectivity index is 0.00000450. The zero-order valence-corrected chi connectivity index (χ0v) is 21.2. The number of amides is 1. The van der Waals surface area contributed by atoms with Crippen molar-refractivity contribution in [1.29, 1.82) is 0 Å². The molecular weight excluding hydrogens is 495 g/mol. The van der Waals surface area contributed by atoms with Crippen molar-refractivity contribution >= 4 is 35.8 Å². The van der Waals surface area contributed by atoms with Crippen LogP contribution < -0.4 is 20.7 Å². The number of aliphatic imine (C=N–C) groups is 1. The van der Waals surface area contributed by atoms with Crippen LogP contribution in [-0.2, 0) is 16.1 Å². The van der Waals surface area contributed by atoms with Gasteiger partial charge in [0.25, 0.3) is 0 Å². The van der Waals surface area contributed by atoms with Gasteiger partial charge in [0.1, 0.15) is 11.9 Å². The molecule has 1 amide bonds. The van der Waals surface area contributed by atoms with E-state index in [1.807, 2.05) is 27.7 Å². The third-order valence-electron chi connectivity index (χ3n) is 4.81. The summed E-state index contributed by atoms with van der Waals surface area (Å²) in [5.41, 5.74) is 1.65. The average Bonchev–Trinajstić information content (AvgIpc) is 3.18. The molecular formula is C22H37IN4O3. The van der Waals surface area contributed by atoms with Gasteiger partial charge >= 0.3 is 0 Å². The molecule has 1 heterocycles. The van der Waals surface area contributed by atoms with E-state index in [4.69, 9.17) is 14.5 Å². The van der Waals surface area contributed by atoms with Gasteiger partial charge in [0.15, 0.2) is 5.96 Å². The first-order valence-electron chi connectivity index (χ1n) is 10.5. The van der Waals surface area contributed by atoms with Crippen LogP contribution in [0.5, 0.6) is 5.75 Å². The predicted molar refractivity (Wildman–Crippen MR) is 132 cm³/mol. The molecule has 0 aliphatic carbocycles. The van der Waals surface area contributed by atoms with Gasteiger partial charge < -0.3 is 25.4 Å². The molecule has 1 unspecified atom stereocenters. The molecule has 0 aromatic heterocycles. The number of nitrogens with zero attached hydrogens (tertiary/aromatic N) is 1. The molecule has 0 spiro atoms. The van der Waals surface area contributed by atoms with Crippen LogP contribution >= 0.6 is 24.0 Å². The summed E-state index contributed by atoms with van der Waals surface area (Å²) in [6.45, 7) is 13.6. The topological polar surface area (TPSA) is 84.0 Å². The molecule has 0 saturated carbocycles. The van der Waals surface area contributed by atoms with Crippen molar-refractivity contribution in [3.63, 3.8) is 0 Å². The number of nitrogens with one attached hydrogen (secondary N) is 3. The molecule has 2 rings (SSSR count). The number of rotatable bonds is 9. The van der Waals surface area contributed by atoms with E-state index in [2.05, 4.69) is 41.1 Å². The van der Waals surface area contributed by atoms with E-state index in [1.54, 1.807) is 0 Å². The number of carbonyl (C=O) groups excluding carboxylic acids is 1. The summed E-state index contributed by atoms with van der Waals surface area (Å²) < 4.78 is 11.6. The minimum absolute atomic E-state index is 0. The van der Waals surface area contributed by atoms with Crippen molar-refractivity contribution in [2.45, 2.75) is 53.7 Å². The normalized spacial score (nSPS) is 16.6. The van der Waals surface area contributed by atoms with Crippen LogP contribution in [0.1, 0.15) is 45.2 Å². The smallest absolute Gasteiger partial charge is 0.227 e. The molecule has 30 heavy (non-hydrogen) atoms. The number of aryl methyl sites for hydroxylation is 1. The Labute approximate surface area is 197 Å². The Morgan fingerprint density at radius 1 is 1.23 bits per heavy atom. The first-order chi connectivity index (χ1) is 13.9. The quantitative estimate of drug-likeness (QED) is 0.259. The summed E-state index contributed by atoms with van der Waals surface area (Å²) in [7, 11) is 0. The fraction of sp³-hybridized carbons (Fsp3) is 0.636. The van der Waals surface area contributed by atoms with Crippen molar-refractivity contribution in [3.8, 4) is 5.75 Å². The highest BCUT2D eigenvalue weighted by Crippen LogP contribution is 2.24. The molecule has 1 saturated heterocycles. The molecule has 3 N–H and O–H groups in total. The highest BCUT2D eigenvalue weighted by atomic mass is 127. The SMILES string of the molecule is CCNC(=O)C(C)(C)CNC(=NCc1ccc(C)cc1OC1CCOC1)NCC.I. The van der Waals surface area contributed by atoms with Crippen molar-refractivity contribution in [2.75, 3.05) is 32.8 Å². The third kappa shape index (κ3) is 8.29. The van der Waals surface area contributed by atoms with Gasteiger partial charge in [-0.15, -0.1) is 24.0 Å². The van der Waals surface area contributed by atoms with E-state index in [0.29, 0.717) is 32.2 Å². The lowest BCUT2D eigenvalue weighted by molar-refractivity contribution is -0.128. The summed E-state index contributed by atoms with van der Waals surface area (Å²) in [6.07, 6.45) is 1.01. The Morgan fingerprint density at radius 3 is 2.60 bits per heavy atom. The molecule has 0 radical (unpaired) electrons. The van der Waals surface area contributed by atoms with Crippen LogP contribution in [0.15, 0.2) is 23.2 Å². The second-order valence-electron chi connectivity index (χ2n) is 8.01. The van der Waals surface area contributed by atoms with Crippen molar-refractivity contribution in [1.82, 2.24) is 16.0 Å². The Hall–Kier alpha value is -1.55. The Bertz CT molecular complexity index is 704. The van der Waals surface area contributed by atoms with Gasteiger partial charge in [-0.3, -0.25) is 4.79 Å². The van der Waals surface area contributed by atoms with Crippen LogP contribution in [0.25, 0.3) is 0 Å². The number of benzene rings is 1. The Kier molecular flexibility index (Phi) is 11.5. The average molecular weight is 532 g/mol. The summed E-state index contributed by atoms with van der Waals surface area (Å²) in [5.74, 6) is 1.57. The van der Waals surface area contributed by atoms with Gasteiger partial charge in [-0.2, -0.15) is 0 Å². The third-order valence-corrected chi connectivity index (χ3v) is 4.81. The summed E-state index contributed by atoms with van der Waals surface area (Å²) >= 11 is 0. The van der Waals surface area contributed by atoms with Crippen molar-refractivity contribution in [2.24, 2.45) is 10.4 Å². The summed E-state index contributed by atoms with van der Waals surface area (Å²) in [4.78, 5) is 16.9. The summed E-state index contributed by atoms with van der Waals surface area (Å²) in [5, 5.41) is 9.42. The molecule has 1 aliphatic rings. The van der Waals surface area contributed by atoms with Crippen LogP contribution in [-0.4, -0.2) is 50.8 Å². The van der Waals surface area contributed by atoms with Crippen molar-refractivity contribution in [3.05, 3.63) is 29.3 Å². The van der Waals surface area contributed by atoms with Crippen molar-refractivity contribution < 1.29 is 14.3 Å². The number of ether oxygens (including phenoxy) is 2. The van der Waals surface area contributed by atoms with E-state index >= 15 is 0 Å². The van der Waals surface area contributed by atoms with Gasteiger partial charge in [0.2, 0.25) is 5.91 Å². The predicted octanol–water partition coefficient (Wildman–Crippen LogP) is 3.00. The Morgan fingerprint density at radius 2 is 1.97 bits per heavy atom. The first kappa shape index (κ1) is 26.5. The maximum absolute atomic E-state index is 12.2. The highest BCUT2D eigenvalue weighted by Gasteiger charge is 2.27. The molecule has 1 atom stereocenters. The first-order valence-corrected chi connectivity index (χ1v) is 10.5.